The smallest absolute Gasteiger partial charge is 0.265 e. The minimum absolute atomic E-state index is 0.218. The summed E-state index contributed by atoms with van der Waals surface area (Å²) in [6.45, 7) is 6.27. The molecular weight excluding hydrogens is 262 g/mol. The predicted molar refractivity (Wildman–Crippen MR) is 74.6 cm³/mol. The molecule has 0 amide bonds. The van der Waals surface area contributed by atoms with Gasteiger partial charge in [-0.3, -0.25) is 9.40 Å². The zero-order valence-electron chi connectivity index (χ0n) is 11.2. The van der Waals surface area contributed by atoms with Gasteiger partial charge in [0.05, 0.1) is 11.9 Å². The van der Waals surface area contributed by atoms with E-state index in [1.165, 1.54) is 6.20 Å². The molecule has 0 aliphatic heterocycles. The lowest BCUT2D eigenvalue weighted by Crippen LogP contribution is -2.14. The van der Waals surface area contributed by atoms with E-state index in [1.807, 2.05) is 26.0 Å². The van der Waals surface area contributed by atoms with Gasteiger partial charge in [-0.15, -0.1) is 0 Å². The average Bonchev–Trinajstić information content (AvgIpc) is 2.74. The number of rotatable bonds is 4. The Morgan fingerprint density at radius 2 is 1.84 bits per heavy atom. The van der Waals surface area contributed by atoms with Crippen molar-refractivity contribution in [3.8, 4) is 0 Å². The number of nitrogens with one attached hydrogen (secondary N) is 1. The molecule has 2 aromatic rings. The second kappa shape index (κ2) is 5.05. The monoisotopic (exact) mass is 279 g/mol. The molecule has 6 heteroatoms. The number of benzene rings is 1. The first-order valence-corrected chi connectivity index (χ1v) is 7.54. The van der Waals surface area contributed by atoms with Crippen LogP contribution >= 0.6 is 0 Å². The molecule has 0 radical (unpaired) electrons. The predicted octanol–water partition coefficient (Wildman–Crippen LogP) is 2.32. The van der Waals surface area contributed by atoms with E-state index in [-0.39, 0.29) is 4.90 Å². The van der Waals surface area contributed by atoms with Gasteiger partial charge in [0.25, 0.3) is 10.0 Å². The Hall–Kier alpha value is -1.82. The zero-order chi connectivity index (χ0) is 14.0. The van der Waals surface area contributed by atoms with Gasteiger partial charge in [-0.25, -0.2) is 8.42 Å². The van der Waals surface area contributed by atoms with E-state index in [9.17, 15) is 8.42 Å². The molecule has 1 N–H and O–H groups in total. The summed E-state index contributed by atoms with van der Waals surface area (Å²) in [5.41, 5.74) is 2.27. The van der Waals surface area contributed by atoms with Crippen LogP contribution in [0.2, 0.25) is 0 Å². The third kappa shape index (κ3) is 2.78. The van der Waals surface area contributed by atoms with Gasteiger partial charge in [-0.1, -0.05) is 17.7 Å². The van der Waals surface area contributed by atoms with Gasteiger partial charge in [0.1, 0.15) is 4.90 Å². The van der Waals surface area contributed by atoms with E-state index in [1.54, 1.807) is 23.7 Å². The maximum atomic E-state index is 12.3. The lowest BCUT2D eigenvalue weighted by atomic mass is 10.2. The molecule has 0 saturated carbocycles. The van der Waals surface area contributed by atoms with Crippen LogP contribution in [0, 0.1) is 13.8 Å². The normalized spacial score (nSPS) is 11.5. The van der Waals surface area contributed by atoms with Crippen molar-refractivity contribution in [1.82, 2.24) is 9.78 Å². The van der Waals surface area contributed by atoms with Crippen molar-refractivity contribution < 1.29 is 8.42 Å². The van der Waals surface area contributed by atoms with Crippen LogP contribution in [-0.2, 0) is 16.6 Å². The first kappa shape index (κ1) is 13.6. The molecule has 19 heavy (non-hydrogen) atoms. The van der Waals surface area contributed by atoms with Crippen LogP contribution in [0.5, 0.6) is 0 Å². The molecule has 0 saturated heterocycles. The van der Waals surface area contributed by atoms with Crippen molar-refractivity contribution in [1.29, 1.82) is 0 Å². The SMILES string of the molecule is CCn1ncc(S(=O)(=O)Nc2ccc(C)cc2)c1C. The van der Waals surface area contributed by atoms with Gasteiger partial charge in [0, 0.05) is 12.2 Å². The highest BCUT2D eigenvalue weighted by molar-refractivity contribution is 7.92. The standard InChI is InChI=1S/C13H17N3O2S/c1-4-16-11(3)13(9-14-16)19(17,18)15-12-7-5-10(2)6-8-12/h5-9,15H,4H2,1-3H3. The Labute approximate surface area is 113 Å². The van der Waals surface area contributed by atoms with E-state index in [4.69, 9.17) is 0 Å². The highest BCUT2D eigenvalue weighted by Gasteiger charge is 2.20. The van der Waals surface area contributed by atoms with Crippen molar-refractivity contribution >= 4 is 15.7 Å². The first-order chi connectivity index (χ1) is 8.94. The topological polar surface area (TPSA) is 64.0 Å². The van der Waals surface area contributed by atoms with Crippen LogP contribution in [0.15, 0.2) is 35.4 Å². The number of aromatic nitrogens is 2. The van der Waals surface area contributed by atoms with Crippen molar-refractivity contribution in [2.24, 2.45) is 0 Å². The largest absolute Gasteiger partial charge is 0.280 e. The fourth-order valence-electron chi connectivity index (χ4n) is 1.84. The van der Waals surface area contributed by atoms with E-state index in [2.05, 4.69) is 9.82 Å². The first-order valence-electron chi connectivity index (χ1n) is 6.06. The molecule has 0 spiro atoms. The molecule has 1 aromatic heterocycles. The second-order valence-electron chi connectivity index (χ2n) is 4.38. The third-order valence-corrected chi connectivity index (χ3v) is 4.44. The molecule has 102 valence electrons. The average molecular weight is 279 g/mol. The van der Waals surface area contributed by atoms with Gasteiger partial charge in [0.15, 0.2) is 0 Å². The molecule has 5 nitrogen and oxygen atoms in total. The van der Waals surface area contributed by atoms with Crippen LogP contribution in [0.1, 0.15) is 18.2 Å². The number of aryl methyl sites for hydroxylation is 2. The zero-order valence-corrected chi connectivity index (χ0v) is 12.0. The van der Waals surface area contributed by atoms with Crippen LogP contribution in [0.4, 0.5) is 5.69 Å². The molecule has 0 bridgehead atoms. The summed E-state index contributed by atoms with van der Waals surface area (Å²) in [6.07, 6.45) is 1.38. The van der Waals surface area contributed by atoms with E-state index in [0.717, 1.165) is 5.56 Å². The quantitative estimate of drug-likeness (QED) is 0.934. The molecule has 0 unspecified atom stereocenters. The summed E-state index contributed by atoms with van der Waals surface area (Å²) in [5, 5.41) is 4.05. The molecule has 0 fully saturated rings. The molecule has 0 aliphatic rings. The maximum absolute atomic E-state index is 12.3. The molecular formula is C13H17N3O2S. The molecule has 0 aliphatic carbocycles. The highest BCUT2D eigenvalue weighted by Crippen LogP contribution is 2.19. The van der Waals surface area contributed by atoms with E-state index in [0.29, 0.717) is 17.9 Å². The number of hydrogen-bond acceptors (Lipinski definition) is 3. The summed E-state index contributed by atoms with van der Waals surface area (Å²) in [5.74, 6) is 0. The summed E-state index contributed by atoms with van der Waals surface area (Å²) in [6, 6.07) is 7.21. The number of sulfonamides is 1. The lowest BCUT2D eigenvalue weighted by Gasteiger charge is -2.08. The molecule has 2 rings (SSSR count). The summed E-state index contributed by atoms with van der Waals surface area (Å²) in [4.78, 5) is 0.218. The fourth-order valence-corrected chi connectivity index (χ4v) is 3.08. The van der Waals surface area contributed by atoms with Crippen LogP contribution in [-0.4, -0.2) is 18.2 Å². The van der Waals surface area contributed by atoms with Crippen molar-refractivity contribution in [3.63, 3.8) is 0 Å². The Bertz CT molecular complexity index is 672. The minimum Gasteiger partial charge on any atom is -0.280 e. The van der Waals surface area contributed by atoms with Crippen LogP contribution in [0.25, 0.3) is 0 Å². The lowest BCUT2D eigenvalue weighted by molar-refractivity contribution is 0.598. The van der Waals surface area contributed by atoms with Crippen LogP contribution in [0.3, 0.4) is 0 Å². The summed E-state index contributed by atoms with van der Waals surface area (Å²) in [7, 11) is -3.58. The Kier molecular flexibility index (Phi) is 3.61. The summed E-state index contributed by atoms with van der Waals surface area (Å²) < 4.78 is 28.8. The van der Waals surface area contributed by atoms with Crippen LogP contribution < -0.4 is 4.72 Å². The van der Waals surface area contributed by atoms with Gasteiger partial charge >= 0.3 is 0 Å². The minimum atomic E-state index is -3.58. The van der Waals surface area contributed by atoms with Gasteiger partial charge in [-0.2, -0.15) is 5.10 Å². The number of nitrogens with zero attached hydrogens (tertiary/aromatic N) is 2. The Morgan fingerprint density at radius 3 is 2.37 bits per heavy atom. The Balaban J connectivity index is 2.32. The van der Waals surface area contributed by atoms with Gasteiger partial charge in [0.2, 0.25) is 0 Å². The molecule has 0 atom stereocenters. The van der Waals surface area contributed by atoms with Crippen molar-refractivity contribution in [2.75, 3.05) is 4.72 Å². The van der Waals surface area contributed by atoms with Gasteiger partial charge < -0.3 is 0 Å². The Morgan fingerprint density at radius 1 is 1.21 bits per heavy atom. The second-order valence-corrected chi connectivity index (χ2v) is 6.03. The fraction of sp³-hybridized carbons (Fsp3) is 0.308. The van der Waals surface area contributed by atoms with E-state index < -0.39 is 10.0 Å². The highest BCUT2D eigenvalue weighted by atomic mass is 32.2. The molecule has 1 heterocycles. The maximum Gasteiger partial charge on any atom is 0.265 e. The van der Waals surface area contributed by atoms with Crippen molar-refractivity contribution in [3.05, 3.63) is 41.7 Å². The van der Waals surface area contributed by atoms with Gasteiger partial charge in [-0.05, 0) is 32.9 Å². The number of hydrogen-bond donors (Lipinski definition) is 1. The third-order valence-electron chi connectivity index (χ3n) is 2.95. The molecule has 1 aromatic carbocycles. The van der Waals surface area contributed by atoms with Crippen molar-refractivity contribution in [2.45, 2.75) is 32.2 Å². The number of anilines is 1. The van der Waals surface area contributed by atoms with E-state index >= 15 is 0 Å². The summed E-state index contributed by atoms with van der Waals surface area (Å²) >= 11 is 0.